The maximum absolute atomic E-state index is 12.2. The molecule has 0 radical (unpaired) electrons. The molecule has 0 unspecified atom stereocenters. The minimum atomic E-state index is 0.127. The van der Waals surface area contributed by atoms with Gasteiger partial charge in [0.05, 0.1) is 0 Å². The van der Waals surface area contributed by atoms with Gasteiger partial charge in [-0.25, -0.2) is 0 Å². The molecule has 18 heavy (non-hydrogen) atoms. The van der Waals surface area contributed by atoms with E-state index in [0.29, 0.717) is 11.4 Å². The molecule has 1 nitrogen and oxygen atoms in total. The second-order valence-corrected chi connectivity index (χ2v) is 5.21. The Bertz CT molecular complexity index is 566. The van der Waals surface area contributed by atoms with Gasteiger partial charge in [-0.1, -0.05) is 41.9 Å². The second kappa shape index (κ2) is 6.07. The predicted molar refractivity (Wildman–Crippen MR) is 77.7 cm³/mol. The maximum Gasteiger partial charge on any atom is 0.168 e. The maximum atomic E-state index is 12.2. The third kappa shape index (κ3) is 3.15. The highest BCUT2D eigenvalue weighted by Gasteiger charge is 2.11. The average molecular weight is 277 g/mol. The second-order valence-electron chi connectivity index (χ2n) is 3.93. The van der Waals surface area contributed by atoms with Gasteiger partial charge in [0.15, 0.2) is 5.78 Å². The molecule has 0 aromatic heterocycles. The van der Waals surface area contributed by atoms with E-state index in [0.717, 1.165) is 16.0 Å². The van der Waals surface area contributed by atoms with Crippen molar-refractivity contribution < 1.29 is 4.79 Å². The smallest absolute Gasteiger partial charge is 0.168 e. The lowest BCUT2D eigenvalue weighted by atomic mass is 10.0. The first-order valence-corrected chi connectivity index (χ1v) is 7.21. The lowest BCUT2D eigenvalue weighted by molar-refractivity contribution is 0.0990. The van der Waals surface area contributed by atoms with Gasteiger partial charge in [0.2, 0.25) is 0 Å². The van der Waals surface area contributed by atoms with Gasteiger partial charge in [0, 0.05) is 21.9 Å². The summed E-state index contributed by atoms with van der Waals surface area (Å²) in [5, 5.41) is 0.665. The highest BCUT2D eigenvalue weighted by Crippen LogP contribution is 2.22. The molecule has 0 amide bonds. The van der Waals surface area contributed by atoms with Crippen molar-refractivity contribution in [3.63, 3.8) is 0 Å². The Kier molecular flexibility index (Phi) is 4.45. The molecule has 0 bridgehead atoms. The number of Topliss-reactive ketones (excluding diaryl/α,β-unsaturated/α-hetero) is 1. The number of carbonyl (C=O) groups excluding carboxylic acids is 1. The van der Waals surface area contributed by atoms with Crippen molar-refractivity contribution >= 4 is 29.1 Å². The SMILES string of the molecule is CSc1ccccc1C(=O)Cc1cccc(Cl)c1. The van der Waals surface area contributed by atoms with Crippen molar-refractivity contribution in [2.24, 2.45) is 0 Å². The molecule has 0 heterocycles. The molecule has 0 saturated heterocycles. The summed E-state index contributed by atoms with van der Waals surface area (Å²) >= 11 is 7.51. The molecule has 0 N–H and O–H groups in total. The number of hydrogen-bond donors (Lipinski definition) is 0. The van der Waals surface area contributed by atoms with Crippen LogP contribution in [0.25, 0.3) is 0 Å². The lowest BCUT2D eigenvalue weighted by Gasteiger charge is -2.06. The van der Waals surface area contributed by atoms with E-state index in [4.69, 9.17) is 11.6 Å². The zero-order valence-electron chi connectivity index (χ0n) is 10.0. The average Bonchev–Trinajstić information content (AvgIpc) is 2.38. The van der Waals surface area contributed by atoms with Crippen molar-refractivity contribution in [1.29, 1.82) is 0 Å². The van der Waals surface area contributed by atoms with Gasteiger partial charge >= 0.3 is 0 Å². The summed E-state index contributed by atoms with van der Waals surface area (Å²) in [6, 6.07) is 15.1. The molecule has 0 aliphatic carbocycles. The quantitative estimate of drug-likeness (QED) is 0.605. The summed E-state index contributed by atoms with van der Waals surface area (Å²) in [5.41, 5.74) is 1.73. The van der Waals surface area contributed by atoms with E-state index in [2.05, 4.69) is 0 Å². The number of benzene rings is 2. The normalized spacial score (nSPS) is 10.3. The molecule has 0 fully saturated rings. The first-order chi connectivity index (χ1) is 8.70. The summed E-state index contributed by atoms with van der Waals surface area (Å²) < 4.78 is 0. The minimum absolute atomic E-state index is 0.127. The van der Waals surface area contributed by atoms with Crippen LogP contribution < -0.4 is 0 Å². The fourth-order valence-corrected chi connectivity index (χ4v) is 2.63. The van der Waals surface area contributed by atoms with E-state index in [1.165, 1.54) is 0 Å². The molecular weight excluding hydrogens is 264 g/mol. The van der Waals surface area contributed by atoms with Crippen molar-refractivity contribution in [2.75, 3.05) is 6.26 Å². The molecule has 2 aromatic rings. The topological polar surface area (TPSA) is 17.1 Å². The van der Waals surface area contributed by atoms with Crippen molar-refractivity contribution in [1.82, 2.24) is 0 Å². The summed E-state index contributed by atoms with van der Waals surface area (Å²) in [5.74, 6) is 0.127. The van der Waals surface area contributed by atoms with E-state index in [9.17, 15) is 4.79 Å². The van der Waals surface area contributed by atoms with Crippen molar-refractivity contribution in [2.45, 2.75) is 11.3 Å². The molecular formula is C15H13ClOS. The van der Waals surface area contributed by atoms with Crippen molar-refractivity contribution in [3.05, 3.63) is 64.7 Å². The van der Waals surface area contributed by atoms with Gasteiger partial charge in [-0.05, 0) is 30.0 Å². The molecule has 0 saturated carbocycles. The molecule has 0 aliphatic heterocycles. The van der Waals surface area contributed by atoms with Crippen molar-refractivity contribution in [3.8, 4) is 0 Å². The van der Waals surface area contributed by atoms with Crippen LogP contribution in [-0.2, 0) is 6.42 Å². The summed E-state index contributed by atoms with van der Waals surface area (Å²) in [7, 11) is 0. The van der Waals surface area contributed by atoms with Gasteiger partial charge in [0.25, 0.3) is 0 Å². The van der Waals surface area contributed by atoms with Crippen LogP contribution in [0.5, 0.6) is 0 Å². The number of ketones is 1. The number of carbonyl (C=O) groups is 1. The molecule has 0 aliphatic rings. The van der Waals surface area contributed by atoms with Crippen LogP contribution >= 0.6 is 23.4 Å². The Hall–Kier alpha value is -1.25. The van der Waals surface area contributed by atoms with E-state index < -0.39 is 0 Å². The van der Waals surface area contributed by atoms with Crippen LogP contribution in [0.3, 0.4) is 0 Å². The molecule has 0 atom stereocenters. The number of rotatable bonds is 4. The zero-order valence-corrected chi connectivity index (χ0v) is 11.6. The fraction of sp³-hybridized carbons (Fsp3) is 0.133. The highest BCUT2D eigenvalue weighted by molar-refractivity contribution is 7.98. The van der Waals surface area contributed by atoms with E-state index in [-0.39, 0.29) is 5.78 Å². The van der Waals surface area contributed by atoms with Crippen LogP contribution in [0.2, 0.25) is 5.02 Å². The molecule has 3 heteroatoms. The van der Waals surface area contributed by atoms with Crippen LogP contribution in [0.15, 0.2) is 53.4 Å². The van der Waals surface area contributed by atoms with Gasteiger partial charge in [-0.3, -0.25) is 4.79 Å². The Balaban J connectivity index is 2.22. The Morgan fingerprint density at radius 1 is 1.17 bits per heavy atom. The van der Waals surface area contributed by atoms with Crippen LogP contribution in [-0.4, -0.2) is 12.0 Å². The van der Waals surface area contributed by atoms with Gasteiger partial charge in [-0.15, -0.1) is 11.8 Å². The first-order valence-electron chi connectivity index (χ1n) is 5.61. The third-order valence-electron chi connectivity index (χ3n) is 2.66. The number of halogens is 1. The van der Waals surface area contributed by atoms with E-state index >= 15 is 0 Å². The minimum Gasteiger partial charge on any atom is -0.294 e. The van der Waals surface area contributed by atoms with Gasteiger partial charge in [-0.2, -0.15) is 0 Å². The standard InChI is InChI=1S/C15H13ClOS/c1-18-15-8-3-2-7-13(15)14(17)10-11-5-4-6-12(16)9-11/h2-9H,10H2,1H3. The Morgan fingerprint density at radius 2 is 1.94 bits per heavy atom. The predicted octanol–water partition coefficient (Wildman–Crippen LogP) is 4.49. The number of hydrogen-bond acceptors (Lipinski definition) is 2. The monoisotopic (exact) mass is 276 g/mol. The fourth-order valence-electron chi connectivity index (χ4n) is 1.80. The van der Waals surface area contributed by atoms with Gasteiger partial charge in [0.1, 0.15) is 0 Å². The zero-order chi connectivity index (χ0) is 13.0. The molecule has 2 rings (SSSR count). The summed E-state index contributed by atoms with van der Waals surface area (Å²) in [6.45, 7) is 0. The lowest BCUT2D eigenvalue weighted by Crippen LogP contribution is -2.04. The van der Waals surface area contributed by atoms with Crippen LogP contribution in [0.1, 0.15) is 15.9 Å². The molecule has 0 spiro atoms. The van der Waals surface area contributed by atoms with Crippen LogP contribution in [0.4, 0.5) is 0 Å². The van der Waals surface area contributed by atoms with Gasteiger partial charge < -0.3 is 0 Å². The summed E-state index contributed by atoms with van der Waals surface area (Å²) in [6.07, 6.45) is 2.36. The van der Waals surface area contributed by atoms with E-state index in [1.54, 1.807) is 11.8 Å². The molecule has 92 valence electrons. The largest absolute Gasteiger partial charge is 0.294 e. The highest BCUT2D eigenvalue weighted by atomic mass is 35.5. The first kappa shape index (κ1) is 13.2. The van der Waals surface area contributed by atoms with E-state index in [1.807, 2.05) is 54.8 Å². The molecule has 2 aromatic carbocycles. The number of thioether (sulfide) groups is 1. The summed E-state index contributed by atoms with van der Waals surface area (Å²) in [4.78, 5) is 13.3. The Labute approximate surface area is 116 Å². The third-order valence-corrected chi connectivity index (χ3v) is 3.69. The Morgan fingerprint density at radius 3 is 2.67 bits per heavy atom. The van der Waals surface area contributed by atoms with Crippen LogP contribution in [0, 0.1) is 0 Å².